The fraction of sp³-hybridized carbons (Fsp3) is 0.353. The quantitative estimate of drug-likeness (QED) is 0.340. The highest BCUT2D eigenvalue weighted by Gasteiger charge is 2.29. The Morgan fingerprint density at radius 3 is 2.66 bits per heavy atom. The maximum Gasteiger partial charge on any atom is 0.373 e. The number of rotatable bonds is 6. The van der Waals surface area contributed by atoms with Crippen LogP contribution in [0.1, 0.15) is 20.8 Å². The first-order valence-corrected chi connectivity index (χ1v) is 8.46. The summed E-state index contributed by atoms with van der Waals surface area (Å²) in [5, 5.41) is 19.1. The van der Waals surface area contributed by atoms with Gasteiger partial charge in [-0.05, 0) is 43.2 Å². The van der Waals surface area contributed by atoms with Crippen LogP contribution in [-0.2, 0) is 9.53 Å². The predicted molar refractivity (Wildman–Crippen MR) is 99.7 cm³/mol. The van der Waals surface area contributed by atoms with Gasteiger partial charge in [0.1, 0.15) is 35.3 Å². The minimum absolute atomic E-state index is 0.0879. The Labute approximate surface area is 164 Å². The zero-order valence-corrected chi connectivity index (χ0v) is 16.1. The fourth-order valence-electron chi connectivity index (χ4n) is 2.45. The summed E-state index contributed by atoms with van der Waals surface area (Å²) >= 11 is 0. The molecule has 12 heteroatoms. The Hall–Kier alpha value is -3.83. The molecule has 29 heavy (non-hydrogen) atoms. The number of hydrogen-bond donors (Lipinski definition) is 0. The van der Waals surface area contributed by atoms with Gasteiger partial charge in [-0.1, -0.05) is 0 Å². The van der Waals surface area contributed by atoms with Crippen molar-refractivity contribution in [3.05, 3.63) is 34.6 Å². The van der Waals surface area contributed by atoms with E-state index in [1.165, 1.54) is 18.0 Å². The maximum absolute atomic E-state index is 12.1. The zero-order chi connectivity index (χ0) is 21.2. The molecule has 1 aromatic carbocycles. The molecule has 0 aliphatic carbocycles. The van der Waals surface area contributed by atoms with Gasteiger partial charge in [0.05, 0.1) is 4.92 Å². The topological polar surface area (TPSA) is 147 Å². The molecular weight excluding hydrogens is 384 g/mol. The van der Waals surface area contributed by atoms with E-state index in [2.05, 4.69) is 24.9 Å². The van der Waals surface area contributed by atoms with Crippen LogP contribution in [0.2, 0.25) is 0 Å². The van der Waals surface area contributed by atoms with E-state index < -0.39 is 22.2 Å². The first-order chi connectivity index (χ1) is 13.6. The summed E-state index contributed by atoms with van der Waals surface area (Å²) in [6.45, 7) is 4.94. The number of carbonyl (C=O) groups is 1. The molecule has 0 fully saturated rings. The Morgan fingerprint density at radius 1 is 1.24 bits per heavy atom. The highest BCUT2D eigenvalue weighted by molar-refractivity contribution is 5.78. The number of nitro groups is 1. The number of anilines is 1. The minimum atomic E-state index is -0.682. The van der Waals surface area contributed by atoms with Gasteiger partial charge < -0.3 is 14.4 Å². The third-order valence-corrected chi connectivity index (χ3v) is 3.54. The standard InChI is InChI=1S/C17H18N6O6/c1-17(2,3)28-13(24)8-22(4)15-14(23(25)26)16(19-9-18-15)27-10-5-6-11-12(7-10)21-29-20-11/h5-7,9H,8H2,1-4H3. The van der Waals surface area contributed by atoms with E-state index in [1.54, 1.807) is 32.9 Å². The van der Waals surface area contributed by atoms with Crippen molar-refractivity contribution >= 4 is 28.5 Å². The first kappa shape index (κ1) is 19.9. The van der Waals surface area contributed by atoms with E-state index in [0.717, 1.165) is 6.33 Å². The van der Waals surface area contributed by atoms with E-state index >= 15 is 0 Å². The second-order valence-electron chi connectivity index (χ2n) is 7.07. The lowest BCUT2D eigenvalue weighted by Crippen LogP contribution is -2.33. The van der Waals surface area contributed by atoms with Gasteiger partial charge in [-0.2, -0.15) is 4.98 Å². The van der Waals surface area contributed by atoms with Crippen molar-refractivity contribution in [1.29, 1.82) is 0 Å². The number of carbonyl (C=O) groups excluding carboxylic acids is 1. The Kier molecular flexibility index (Phi) is 5.26. The SMILES string of the molecule is CN(CC(=O)OC(C)(C)C)c1ncnc(Oc2ccc3nonc3c2)c1[N+](=O)[O-]. The van der Waals surface area contributed by atoms with E-state index in [0.29, 0.717) is 11.0 Å². The molecule has 2 heterocycles. The number of likely N-dealkylation sites (N-methyl/N-ethyl adjacent to an activating group) is 1. The van der Waals surface area contributed by atoms with Gasteiger partial charge in [0.2, 0.25) is 5.82 Å². The van der Waals surface area contributed by atoms with Gasteiger partial charge in [-0.3, -0.25) is 14.9 Å². The molecule has 0 radical (unpaired) electrons. The monoisotopic (exact) mass is 402 g/mol. The van der Waals surface area contributed by atoms with Crippen molar-refractivity contribution < 1.29 is 23.8 Å². The number of aromatic nitrogens is 4. The molecule has 2 aromatic heterocycles. The van der Waals surface area contributed by atoms with Crippen molar-refractivity contribution in [3.8, 4) is 11.6 Å². The second kappa shape index (κ2) is 7.66. The summed E-state index contributed by atoms with van der Waals surface area (Å²) < 4.78 is 15.4. The smallest absolute Gasteiger partial charge is 0.373 e. The normalized spacial score (nSPS) is 11.3. The number of benzene rings is 1. The Bertz CT molecular complexity index is 1060. The Morgan fingerprint density at radius 2 is 1.97 bits per heavy atom. The average Bonchev–Trinajstić information content (AvgIpc) is 3.07. The summed E-state index contributed by atoms with van der Waals surface area (Å²) in [6, 6.07) is 4.63. The molecule has 0 N–H and O–H groups in total. The van der Waals surface area contributed by atoms with E-state index in [1.807, 2.05) is 0 Å². The van der Waals surface area contributed by atoms with Crippen LogP contribution in [0, 0.1) is 10.1 Å². The van der Waals surface area contributed by atoms with Crippen LogP contribution in [0.15, 0.2) is 29.2 Å². The molecule has 0 saturated carbocycles. The van der Waals surface area contributed by atoms with Crippen LogP contribution in [0.5, 0.6) is 11.6 Å². The van der Waals surface area contributed by atoms with E-state index in [4.69, 9.17) is 9.47 Å². The molecule has 12 nitrogen and oxygen atoms in total. The van der Waals surface area contributed by atoms with Gasteiger partial charge in [0, 0.05) is 13.1 Å². The predicted octanol–water partition coefficient (Wildman–Crippen LogP) is 2.49. The lowest BCUT2D eigenvalue weighted by molar-refractivity contribution is -0.385. The van der Waals surface area contributed by atoms with E-state index in [-0.39, 0.29) is 24.0 Å². The van der Waals surface area contributed by atoms with Crippen LogP contribution in [-0.4, -0.2) is 50.4 Å². The molecule has 0 amide bonds. The summed E-state index contributed by atoms with van der Waals surface area (Å²) in [5.41, 5.74) is -0.246. The molecule has 0 spiro atoms. The molecule has 0 aliphatic rings. The molecule has 3 rings (SSSR count). The van der Waals surface area contributed by atoms with Crippen LogP contribution in [0.4, 0.5) is 11.5 Å². The van der Waals surface area contributed by atoms with Crippen molar-refractivity contribution in [2.24, 2.45) is 0 Å². The molecule has 3 aromatic rings. The van der Waals surface area contributed by atoms with Crippen molar-refractivity contribution in [3.63, 3.8) is 0 Å². The van der Waals surface area contributed by atoms with Gasteiger partial charge >= 0.3 is 17.5 Å². The summed E-state index contributed by atoms with van der Waals surface area (Å²) in [7, 11) is 1.48. The molecule has 0 bridgehead atoms. The van der Waals surface area contributed by atoms with E-state index in [9.17, 15) is 14.9 Å². The third-order valence-electron chi connectivity index (χ3n) is 3.54. The van der Waals surface area contributed by atoms with Crippen LogP contribution in [0.3, 0.4) is 0 Å². The second-order valence-corrected chi connectivity index (χ2v) is 7.07. The summed E-state index contributed by atoms with van der Waals surface area (Å²) in [4.78, 5) is 32.2. The number of nitrogens with zero attached hydrogens (tertiary/aromatic N) is 6. The number of hydrogen-bond acceptors (Lipinski definition) is 11. The summed E-state index contributed by atoms with van der Waals surface area (Å²) in [5.74, 6) is -0.683. The zero-order valence-electron chi connectivity index (χ0n) is 16.1. The molecule has 0 saturated heterocycles. The number of ether oxygens (including phenoxy) is 2. The third kappa shape index (κ3) is 4.72. The largest absolute Gasteiger partial charge is 0.459 e. The lowest BCUT2D eigenvalue weighted by Gasteiger charge is -2.23. The van der Waals surface area contributed by atoms with Crippen molar-refractivity contribution in [1.82, 2.24) is 20.3 Å². The van der Waals surface area contributed by atoms with Crippen LogP contribution < -0.4 is 9.64 Å². The molecule has 0 unspecified atom stereocenters. The molecule has 0 aliphatic heterocycles. The first-order valence-electron chi connectivity index (χ1n) is 8.46. The van der Waals surface area contributed by atoms with Gasteiger partial charge in [0.25, 0.3) is 0 Å². The average molecular weight is 402 g/mol. The van der Waals surface area contributed by atoms with Crippen LogP contribution >= 0.6 is 0 Å². The fourth-order valence-corrected chi connectivity index (χ4v) is 2.45. The maximum atomic E-state index is 12.1. The number of esters is 1. The van der Waals surface area contributed by atoms with Crippen LogP contribution in [0.25, 0.3) is 11.0 Å². The highest BCUT2D eigenvalue weighted by atomic mass is 16.6. The number of fused-ring (bicyclic) bond motifs is 1. The van der Waals surface area contributed by atoms with Gasteiger partial charge in [-0.25, -0.2) is 9.61 Å². The minimum Gasteiger partial charge on any atom is -0.459 e. The van der Waals surface area contributed by atoms with Gasteiger partial charge in [-0.15, -0.1) is 0 Å². The lowest BCUT2D eigenvalue weighted by atomic mass is 10.2. The molecule has 152 valence electrons. The van der Waals surface area contributed by atoms with Crippen molar-refractivity contribution in [2.75, 3.05) is 18.5 Å². The summed E-state index contributed by atoms with van der Waals surface area (Å²) in [6.07, 6.45) is 1.11. The highest BCUT2D eigenvalue weighted by Crippen LogP contribution is 2.36. The van der Waals surface area contributed by atoms with Gasteiger partial charge in [0.15, 0.2) is 0 Å². The molecule has 0 atom stereocenters. The van der Waals surface area contributed by atoms with Crippen molar-refractivity contribution in [2.45, 2.75) is 26.4 Å². The Balaban J connectivity index is 1.89. The molecular formula is C17H18N6O6.